The van der Waals surface area contributed by atoms with Crippen molar-refractivity contribution in [3.8, 4) is 0 Å². The molecule has 0 bridgehead atoms. The Morgan fingerprint density at radius 1 is 1.19 bits per heavy atom. The number of rotatable bonds is 8. The normalized spacial score (nSPS) is 11.3. The molecule has 0 fully saturated rings. The summed E-state index contributed by atoms with van der Waals surface area (Å²) in [4.78, 5) is 29.2. The van der Waals surface area contributed by atoms with Crippen molar-refractivity contribution in [3.05, 3.63) is 47.6 Å². The fourth-order valence-electron chi connectivity index (χ4n) is 2.41. The Kier molecular flexibility index (Phi) is 6.49. The molecule has 1 aromatic heterocycles. The third kappa shape index (κ3) is 5.98. The topological polar surface area (TPSA) is 96.5 Å². The molecule has 1 heterocycles. The summed E-state index contributed by atoms with van der Waals surface area (Å²) < 4.78 is 5.21. The van der Waals surface area contributed by atoms with E-state index in [-0.39, 0.29) is 30.8 Å². The van der Waals surface area contributed by atoms with Crippen molar-refractivity contribution < 1.29 is 19.2 Å². The average molecular weight is 359 g/mol. The van der Waals surface area contributed by atoms with Gasteiger partial charge in [-0.25, -0.2) is 0 Å². The summed E-state index contributed by atoms with van der Waals surface area (Å²) in [6.45, 7) is 5.96. The van der Waals surface area contributed by atoms with E-state index >= 15 is 0 Å². The second-order valence-corrected chi connectivity index (χ2v) is 7.24. The summed E-state index contributed by atoms with van der Waals surface area (Å²) in [5.41, 5.74) is 0.708. The maximum Gasteiger partial charge on any atom is 0.323 e. The monoisotopic (exact) mass is 359 g/mol. The van der Waals surface area contributed by atoms with Gasteiger partial charge in [-0.3, -0.25) is 9.59 Å². The lowest BCUT2D eigenvalue weighted by atomic mass is 9.96. The van der Waals surface area contributed by atoms with Crippen LogP contribution in [0.3, 0.4) is 0 Å². The van der Waals surface area contributed by atoms with Crippen LogP contribution in [0.5, 0.6) is 0 Å². The second kappa shape index (κ2) is 8.60. The lowest BCUT2D eigenvalue weighted by Crippen LogP contribution is -2.35. The van der Waals surface area contributed by atoms with E-state index in [4.69, 9.17) is 9.63 Å². The standard InChI is InChI=1S/C19H25N3O4/c1-19(2,3)18-20-15(26-21-18)10-7-11-16(23)22(13-17(24)25)12-14-8-5-4-6-9-14/h4-6,8-9H,7,10-13H2,1-3H3,(H,24,25). The smallest absolute Gasteiger partial charge is 0.323 e. The highest BCUT2D eigenvalue weighted by Gasteiger charge is 2.21. The molecule has 0 aliphatic heterocycles. The summed E-state index contributed by atoms with van der Waals surface area (Å²) in [6, 6.07) is 9.34. The van der Waals surface area contributed by atoms with E-state index in [1.807, 2.05) is 51.1 Å². The quantitative estimate of drug-likeness (QED) is 0.778. The highest BCUT2D eigenvalue weighted by atomic mass is 16.5. The molecule has 1 aromatic carbocycles. The summed E-state index contributed by atoms with van der Waals surface area (Å²) in [5.74, 6) is -0.0983. The van der Waals surface area contributed by atoms with Crippen molar-refractivity contribution in [3.63, 3.8) is 0 Å². The van der Waals surface area contributed by atoms with Crippen LogP contribution >= 0.6 is 0 Å². The number of nitrogens with zero attached hydrogens (tertiary/aromatic N) is 3. The molecule has 7 nitrogen and oxygen atoms in total. The van der Waals surface area contributed by atoms with E-state index in [0.29, 0.717) is 24.6 Å². The van der Waals surface area contributed by atoms with Crippen LogP contribution in [0.1, 0.15) is 50.9 Å². The highest BCUT2D eigenvalue weighted by Crippen LogP contribution is 2.19. The first-order chi connectivity index (χ1) is 12.3. The minimum Gasteiger partial charge on any atom is -0.480 e. The van der Waals surface area contributed by atoms with E-state index < -0.39 is 5.97 Å². The number of benzene rings is 1. The predicted molar refractivity (Wildman–Crippen MR) is 95.4 cm³/mol. The molecule has 0 radical (unpaired) electrons. The Labute approximate surface area is 153 Å². The molecule has 0 aliphatic carbocycles. The van der Waals surface area contributed by atoms with Gasteiger partial charge in [0.15, 0.2) is 5.82 Å². The molecule has 0 spiro atoms. The zero-order valence-electron chi connectivity index (χ0n) is 15.4. The minimum atomic E-state index is -1.03. The van der Waals surface area contributed by atoms with Crippen LogP contribution in [-0.2, 0) is 28.0 Å². The number of carbonyl (C=O) groups is 2. The number of aromatic nitrogens is 2. The first-order valence-electron chi connectivity index (χ1n) is 8.62. The van der Waals surface area contributed by atoms with Gasteiger partial charge in [-0.05, 0) is 12.0 Å². The molecule has 0 saturated heterocycles. The molecule has 1 amide bonds. The number of hydrogen-bond donors (Lipinski definition) is 1. The zero-order valence-corrected chi connectivity index (χ0v) is 15.4. The van der Waals surface area contributed by atoms with Gasteiger partial charge in [-0.1, -0.05) is 56.3 Å². The Morgan fingerprint density at radius 2 is 1.88 bits per heavy atom. The molecule has 2 rings (SSSR count). The SMILES string of the molecule is CC(C)(C)c1noc(CCCC(=O)N(CC(=O)O)Cc2ccccc2)n1. The summed E-state index contributed by atoms with van der Waals surface area (Å²) >= 11 is 0. The van der Waals surface area contributed by atoms with Crippen molar-refractivity contribution in [2.24, 2.45) is 0 Å². The third-order valence-corrected chi connectivity index (χ3v) is 3.82. The number of amides is 1. The number of carbonyl (C=O) groups excluding carboxylic acids is 1. The Balaban J connectivity index is 1.90. The molecular formula is C19H25N3O4. The van der Waals surface area contributed by atoms with E-state index in [9.17, 15) is 9.59 Å². The largest absolute Gasteiger partial charge is 0.480 e. The molecule has 2 aromatic rings. The van der Waals surface area contributed by atoms with Crippen molar-refractivity contribution >= 4 is 11.9 Å². The Hall–Kier alpha value is -2.70. The van der Waals surface area contributed by atoms with Crippen molar-refractivity contribution in [2.45, 2.75) is 52.0 Å². The van der Waals surface area contributed by atoms with Gasteiger partial charge in [-0.15, -0.1) is 0 Å². The molecule has 26 heavy (non-hydrogen) atoms. The molecule has 7 heteroatoms. The van der Waals surface area contributed by atoms with Crippen molar-refractivity contribution in [1.29, 1.82) is 0 Å². The summed E-state index contributed by atoms with van der Waals surface area (Å²) in [5, 5.41) is 13.0. The fraction of sp³-hybridized carbons (Fsp3) is 0.474. The summed E-state index contributed by atoms with van der Waals surface area (Å²) in [6.07, 6.45) is 1.24. The molecule has 0 aliphatic rings. The van der Waals surface area contributed by atoms with E-state index in [1.54, 1.807) is 0 Å². The molecule has 0 atom stereocenters. The van der Waals surface area contributed by atoms with Crippen LogP contribution in [-0.4, -0.2) is 38.6 Å². The van der Waals surface area contributed by atoms with Crippen LogP contribution in [0, 0.1) is 0 Å². The van der Waals surface area contributed by atoms with E-state index in [1.165, 1.54) is 4.90 Å². The average Bonchev–Trinajstić information content (AvgIpc) is 3.04. The van der Waals surface area contributed by atoms with Gasteiger partial charge in [0.25, 0.3) is 0 Å². The lowest BCUT2D eigenvalue weighted by molar-refractivity contribution is -0.145. The van der Waals surface area contributed by atoms with Gasteiger partial charge < -0.3 is 14.5 Å². The van der Waals surface area contributed by atoms with Gasteiger partial charge >= 0.3 is 5.97 Å². The second-order valence-electron chi connectivity index (χ2n) is 7.24. The third-order valence-electron chi connectivity index (χ3n) is 3.82. The Morgan fingerprint density at radius 3 is 2.46 bits per heavy atom. The minimum absolute atomic E-state index is 0.189. The van der Waals surface area contributed by atoms with Gasteiger partial charge in [0, 0.05) is 24.8 Å². The van der Waals surface area contributed by atoms with Crippen LogP contribution in [0.25, 0.3) is 0 Å². The first kappa shape index (κ1) is 19.6. The molecule has 1 N–H and O–H groups in total. The number of aliphatic carboxylic acids is 1. The molecular weight excluding hydrogens is 334 g/mol. The predicted octanol–water partition coefficient (Wildman–Crippen LogP) is 2.80. The number of hydrogen-bond acceptors (Lipinski definition) is 5. The number of carboxylic acids is 1. The molecule has 0 saturated carbocycles. The molecule has 0 unspecified atom stereocenters. The number of aryl methyl sites for hydroxylation is 1. The molecule has 140 valence electrons. The maximum atomic E-state index is 12.4. The summed E-state index contributed by atoms with van der Waals surface area (Å²) in [7, 11) is 0. The van der Waals surface area contributed by atoms with E-state index in [2.05, 4.69) is 10.1 Å². The lowest BCUT2D eigenvalue weighted by Gasteiger charge is -2.20. The first-order valence-corrected chi connectivity index (χ1v) is 8.62. The van der Waals surface area contributed by atoms with Crippen molar-refractivity contribution in [1.82, 2.24) is 15.0 Å². The van der Waals surface area contributed by atoms with Crippen molar-refractivity contribution in [2.75, 3.05) is 6.54 Å². The van der Waals surface area contributed by atoms with Crippen LogP contribution in [0.4, 0.5) is 0 Å². The van der Waals surface area contributed by atoms with E-state index in [0.717, 1.165) is 5.56 Å². The van der Waals surface area contributed by atoms with Gasteiger partial charge in [0.05, 0.1) is 0 Å². The van der Waals surface area contributed by atoms with Crippen LogP contribution < -0.4 is 0 Å². The van der Waals surface area contributed by atoms with Gasteiger partial charge in [-0.2, -0.15) is 4.98 Å². The highest BCUT2D eigenvalue weighted by molar-refractivity contribution is 5.81. The fourth-order valence-corrected chi connectivity index (χ4v) is 2.41. The van der Waals surface area contributed by atoms with Gasteiger partial charge in [0.2, 0.25) is 11.8 Å². The van der Waals surface area contributed by atoms with Crippen LogP contribution in [0.2, 0.25) is 0 Å². The van der Waals surface area contributed by atoms with Gasteiger partial charge in [0.1, 0.15) is 6.54 Å². The van der Waals surface area contributed by atoms with Crippen LogP contribution in [0.15, 0.2) is 34.9 Å². The maximum absolute atomic E-state index is 12.4. The Bertz CT molecular complexity index is 735. The zero-order chi connectivity index (χ0) is 19.2. The number of carboxylic acid groups (broad SMARTS) is 1.